The van der Waals surface area contributed by atoms with Crippen LogP contribution < -0.4 is 5.73 Å². The predicted octanol–water partition coefficient (Wildman–Crippen LogP) is 0.929. The van der Waals surface area contributed by atoms with Crippen LogP contribution in [-0.2, 0) is 10.0 Å². The zero-order chi connectivity index (χ0) is 11.3. The van der Waals surface area contributed by atoms with Gasteiger partial charge in [0.2, 0.25) is 10.0 Å². The van der Waals surface area contributed by atoms with Crippen LogP contribution in [-0.4, -0.2) is 38.1 Å². The number of hydrogen-bond acceptors (Lipinski definition) is 3. The SMILES string of the molecule is CS(=O)(=O)N(CCCN)C1CCCCC1. The van der Waals surface area contributed by atoms with Gasteiger partial charge in [0.1, 0.15) is 0 Å². The van der Waals surface area contributed by atoms with E-state index in [1.165, 1.54) is 12.7 Å². The van der Waals surface area contributed by atoms with E-state index in [1.807, 2.05) is 0 Å². The van der Waals surface area contributed by atoms with E-state index in [4.69, 9.17) is 5.73 Å². The van der Waals surface area contributed by atoms with Gasteiger partial charge in [-0.05, 0) is 25.8 Å². The van der Waals surface area contributed by atoms with Gasteiger partial charge in [-0.3, -0.25) is 0 Å². The topological polar surface area (TPSA) is 63.4 Å². The summed E-state index contributed by atoms with van der Waals surface area (Å²) >= 11 is 0. The summed E-state index contributed by atoms with van der Waals surface area (Å²) < 4.78 is 24.9. The van der Waals surface area contributed by atoms with Gasteiger partial charge >= 0.3 is 0 Å². The number of nitrogens with zero attached hydrogens (tertiary/aromatic N) is 1. The first-order valence-corrected chi connectivity index (χ1v) is 7.57. The van der Waals surface area contributed by atoms with Crippen molar-refractivity contribution in [1.29, 1.82) is 0 Å². The number of nitrogens with two attached hydrogens (primary N) is 1. The molecule has 1 rings (SSSR count). The van der Waals surface area contributed by atoms with E-state index in [-0.39, 0.29) is 6.04 Å². The van der Waals surface area contributed by atoms with Crippen LogP contribution in [0.3, 0.4) is 0 Å². The quantitative estimate of drug-likeness (QED) is 0.769. The first-order chi connectivity index (χ1) is 7.05. The van der Waals surface area contributed by atoms with E-state index < -0.39 is 10.0 Å². The van der Waals surface area contributed by atoms with Gasteiger partial charge in [-0.1, -0.05) is 19.3 Å². The monoisotopic (exact) mass is 234 g/mol. The Morgan fingerprint density at radius 1 is 1.27 bits per heavy atom. The lowest BCUT2D eigenvalue weighted by molar-refractivity contribution is 0.253. The summed E-state index contributed by atoms with van der Waals surface area (Å²) in [4.78, 5) is 0. The Morgan fingerprint density at radius 2 is 1.87 bits per heavy atom. The lowest BCUT2D eigenvalue weighted by atomic mass is 9.95. The Labute approximate surface area is 92.9 Å². The molecule has 0 aliphatic heterocycles. The van der Waals surface area contributed by atoms with Crippen LogP contribution in [0.4, 0.5) is 0 Å². The standard InChI is InChI=1S/C10H22N2O2S/c1-15(13,14)12(9-5-8-11)10-6-3-2-4-7-10/h10H,2-9,11H2,1H3. The molecule has 1 aliphatic carbocycles. The molecule has 15 heavy (non-hydrogen) atoms. The van der Waals surface area contributed by atoms with Crippen LogP contribution in [0.2, 0.25) is 0 Å². The Bertz CT molecular complexity index is 271. The first-order valence-electron chi connectivity index (χ1n) is 5.72. The van der Waals surface area contributed by atoms with E-state index in [1.54, 1.807) is 4.31 Å². The van der Waals surface area contributed by atoms with Crippen molar-refractivity contribution in [2.45, 2.75) is 44.6 Å². The first kappa shape index (κ1) is 12.9. The van der Waals surface area contributed by atoms with Crippen LogP contribution in [0.25, 0.3) is 0 Å². The van der Waals surface area contributed by atoms with E-state index in [9.17, 15) is 8.42 Å². The third kappa shape index (κ3) is 4.09. The molecule has 0 unspecified atom stereocenters. The molecule has 0 aromatic rings. The maximum Gasteiger partial charge on any atom is 0.211 e. The van der Waals surface area contributed by atoms with Crippen molar-refractivity contribution in [3.63, 3.8) is 0 Å². The predicted molar refractivity (Wildman–Crippen MR) is 62.1 cm³/mol. The van der Waals surface area contributed by atoms with Gasteiger partial charge in [-0.15, -0.1) is 0 Å². The minimum atomic E-state index is -3.06. The fourth-order valence-electron chi connectivity index (χ4n) is 2.24. The second-order valence-electron chi connectivity index (χ2n) is 4.31. The zero-order valence-corrected chi connectivity index (χ0v) is 10.3. The molecule has 90 valence electrons. The number of sulfonamides is 1. The van der Waals surface area contributed by atoms with Crippen molar-refractivity contribution in [2.24, 2.45) is 5.73 Å². The lowest BCUT2D eigenvalue weighted by Gasteiger charge is -2.32. The largest absolute Gasteiger partial charge is 0.330 e. The van der Waals surface area contributed by atoms with Gasteiger partial charge in [0.25, 0.3) is 0 Å². The molecule has 0 aromatic carbocycles. The second kappa shape index (κ2) is 5.82. The second-order valence-corrected chi connectivity index (χ2v) is 6.24. The molecule has 1 aliphatic rings. The molecular formula is C10H22N2O2S. The van der Waals surface area contributed by atoms with E-state index in [0.29, 0.717) is 13.1 Å². The zero-order valence-electron chi connectivity index (χ0n) is 9.48. The van der Waals surface area contributed by atoms with Gasteiger partial charge in [0, 0.05) is 12.6 Å². The number of hydrogen-bond donors (Lipinski definition) is 1. The summed E-state index contributed by atoms with van der Waals surface area (Å²) in [6.07, 6.45) is 7.63. The normalized spacial score (nSPS) is 19.7. The summed E-state index contributed by atoms with van der Waals surface area (Å²) in [6, 6.07) is 0.222. The van der Waals surface area contributed by atoms with Gasteiger partial charge in [0.15, 0.2) is 0 Å². The van der Waals surface area contributed by atoms with Crippen molar-refractivity contribution in [1.82, 2.24) is 4.31 Å². The molecule has 0 bridgehead atoms. The Hall–Kier alpha value is -0.130. The van der Waals surface area contributed by atoms with E-state index in [0.717, 1.165) is 32.1 Å². The van der Waals surface area contributed by atoms with Crippen LogP contribution in [0, 0.1) is 0 Å². The molecule has 1 saturated carbocycles. The Kier molecular flexibility index (Phi) is 5.02. The molecule has 0 amide bonds. The van der Waals surface area contributed by atoms with Gasteiger partial charge in [0.05, 0.1) is 6.26 Å². The third-order valence-electron chi connectivity index (χ3n) is 2.99. The van der Waals surface area contributed by atoms with Crippen LogP contribution in [0.5, 0.6) is 0 Å². The summed E-state index contributed by atoms with van der Waals surface area (Å²) in [5, 5.41) is 0. The third-order valence-corrected chi connectivity index (χ3v) is 4.32. The maximum atomic E-state index is 11.6. The lowest BCUT2D eigenvalue weighted by Crippen LogP contribution is -2.41. The minimum absolute atomic E-state index is 0.222. The minimum Gasteiger partial charge on any atom is -0.330 e. The molecular weight excluding hydrogens is 212 g/mol. The van der Waals surface area contributed by atoms with Crippen LogP contribution in [0.15, 0.2) is 0 Å². The molecule has 0 spiro atoms. The fraction of sp³-hybridized carbons (Fsp3) is 1.00. The molecule has 1 fully saturated rings. The molecule has 5 heteroatoms. The molecule has 0 atom stereocenters. The highest BCUT2D eigenvalue weighted by Gasteiger charge is 2.27. The molecule has 0 saturated heterocycles. The highest BCUT2D eigenvalue weighted by molar-refractivity contribution is 7.88. The highest BCUT2D eigenvalue weighted by atomic mass is 32.2. The average Bonchev–Trinajstić information content (AvgIpc) is 2.18. The highest BCUT2D eigenvalue weighted by Crippen LogP contribution is 2.24. The average molecular weight is 234 g/mol. The molecule has 0 radical (unpaired) electrons. The summed E-state index contributed by atoms with van der Waals surface area (Å²) in [5.74, 6) is 0. The smallest absolute Gasteiger partial charge is 0.211 e. The summed E-state index contributed by atoms with van der Waals surface area (Å²) in [5.41, 5.74) is 5.43. The number of rotatable bonds is 5. The molecule has 0 heterocycles. The van der Waals surface area contributed by atoms with Crippen molar-refractivity contribution in [3.05, 3.63) is 0 Å². The van der Waals surface area contributed by atoms with Crippen molar-refractivity contribution in [2.75, 3.05) is 19.3 Å². The summed E-state index contributed by atoms with van der Waals surface area (Å²) in [6.45, 7) is 1.14. The van der Waals surface area contributed by atoms with E-state index >= 15 is 0 Å². The van der Waals surface area contributed by atoms with Crippen molar-refractivity contribution >= 4 is 10.0 Å². The fourth-order valence-corrected chi connectivity index (χ4v) is 3.45. The van der Waals surface area contributed by atoms with Crippen LogP contribution >= 0.6 is 0 Å². The Balaban J connectivity index is 2.62. The van der Waals surface area contributed by atoms with Gasteiger partial charge in [-0.25, -0.2) is 8.42 Å². The van der Waals surface area contributed by atoms with Gasteiger partial charge in [-0.2, -0.15) is 4.31 Å². The molecule has 4 nitrogen and oxygen atoms in total. The molecule has 0 aromatic heterocycles. The van der Waals surface area contributed by atoms with Gasteiger partial charge < -0.3 is 5.73 Å². The van der Waals surface area contributed by atoms with Crippen molar-refractivity contribution in [3.8, 4) is 0 Å². The van der Waals surface area contributed by atoms with E-state index in [2.05, 4.69) is 0 Å². The maximum absolute atomic E-state index is 11.6. The van der Waals surface area contributed by atoms with Crippen molar-refractivity contribution < 1.29 is 8.42 Å². The Morgan fingerprint density at radius 3 is 2.33 bits per heavy atom. The van der Waals surface area contributed by atoms with Crippen LogP contribution in [0.1, 0.15) is 38.5 Å². The molecule has 2 N–H and O–H groups in total. The summed E-state index contributed by atoms with van der Waals surface area (Å²) in [7, 11) is -3.06.